The Morgan fingerprint density at radius 1 is 1.11 bits per heavy atom. The Morgan fingerprint density at radius 3 is 2.61 bits per heavy atom. The molecule has 2 aromatic rings. The molecule has 0 spiro atoms. The van der Waals surface area contributed by atoms with Crippen LogP contribution in [0, 0.1) is 6.92 Å². The van der Waals surface area contributed by atoms with Crippen molar-refractivity contribution in [3.8, 4) is 5.88 Å². The van der Waals surface area contributed by atoms with Crippen molar-refractivity contribution in [2.45, 2.75) is 20.0 Å². The van der Waals surface area contributed by atoms with Crippen LogP contribution in [0.5, 0.6) is 5.88 Å². The molecule has 3 heteroatoms. The SMILES string of the molecule is COc1ncccc1CNCc1ccc(C)cc1. The number of aromatic nitrogens is 1. The van der Waals surface area contributed by atoms with Gasteiger partial charge in [0.25, 0.3) is 0 Å². The number of nitrogens with zero attached hydrogens (tertiary/aromatic N) is 1. The van der Waals surface area contributed by atoms with E-state index in [1.54, 1.807) is 13.3 Å². The Kier molecular flexibility index (Phi) is 4.31. The summed E-state index contributed by atoms with van der Waals surface area (Å²) in [6.45, 7) is 3.70. The van der Waals surface area contributed by atoms with E-state index in [4.69, 9.17) is 4.74 Å². The van der Waals surface area contributed by atoms with Gasteiger partial charge in [0.05, 0.1) is 7.11 Å². The van der Waals surface area contributed by atoms with Gasteiger partial charge >= 0.3 is 0 Å². The number of hydrogen-bond donors (Lipinski definition) is 1. The third kappa shape index (κ3) is 3.31. The Morgan fingerprint density at radius 2 is 1.89 bits per heavy atom. The van der Waals surface area contributed by atoms with E-state index in [-0.39, 0.29) is 0 Å². The van der Waals surface area contributed by atoms with E-state index in [9.17, 15) is 0 Å². The fraction of sp³-hybridized carbons (Fsp3) is 0.267. The van der Waals surface area contributed by atoms with Crippen molar-refractivity contribution in [3.63, 3.8) is 0 Å². The molecule has 0 bridgehead atoms. The normalized spacial score (nSPS) is 10.3. The van der Waals surface area contributed by atoms with E-state index in [0.717, 1.165) is 18.7 Å². The molecule has 1 N–H and O–H groups in total. The number of rotatable bonds is 5. The molecule has 1 aromatic heterocycles. The minimum Gasteiger partial charge on any atom is -0.481 e. The maximum Gasteiger partial charge on any atom is 0.217 e. The molecule has 0 radical (unpaired) electrons. The van der Waals surface area contributed by atoms with E-state index in [1.807, 2.05) is 12.1 Å². The average Bonchev–Trinajstić information content (AvgIpc) is 2.41. The van der Waals surface area contributed by atoms with Gasteiger partial charge in [0.1, 0.15) is 0 Å². The number of hydrogen-bond acceptors (Lipinski definition) is 3. The number of pyridine rings is 1. The van der Waals surface area contributed by atoms with Gasteiger partial charge in [0, 0.05) is 24.8 Å². The topological polar surface area (TPSA) is 34.1 Å². The van der Waals surface area contributed by atoms with Crippen LogP contribution in [0.2, 0.25) is 0 Å². The Hall–Kier alpha value is -1.87. The van der Waals surface area contributed by atoms with Crippen molar-refractivity contribution < 1.29 is 4.74 Å². The first-order valence-corrected chi connectivity index (χ1v) is 6.04. The molecular formula is C15H18N2O. The molecule has 0 saturated heterocycles. The Balaban J connectivity index is 1.90. The molecule has 0 aliphatic heterocycles. The quantitative estimate of drug-likeness (QED) is 0.875. The predicted molar refractivity (Wildman–Crippen MR) is 72.5 cm³/mol. The average molecular weight is 242 g/mol. The third-order valence-corrected chi connectivity index (χ3v) is 2.81. The molecule has 18 heavy (non-hydrogen) atoms. The summed E-state index contributed by atoms with van der Waals surface area (Å²) in [5.74, 6) is 0.689. The first-order valence-electron chi connectivity index (χ1n) is 6.04. The zero-order valence-corrected chi connectivity index (χ0v) is 10.8. The van der Waals surface area contributed by atoms with Crippen LogP contribution >= 0.6 is 0 Å². The van der Waals surface area contributed by atoms with Crippen LogP contribution in [-0.2, 0) is 13.1 Å². The Labute approximate surface area is 108 Å². The largest absolute Gasteiger partial charge is 0.481 e. The van der Waals surface area contributed by atoms with Gasteiger partial charge in [-0.05, 0) is 18.6 Å². The molecule has 0 saturated carbocycles. The molecule has 0 fully saturated rings. The smallest absolute Gasteiger partial charge is 0.217 e. The standard InChI is InChI=1S/C15H18N2O/c1-12-5-7-13(8-6-12)10-16-11-14-4-3-9-17-15(14)18-2/h3-9,16H,10-11H2,1-2H3. The van der Waals surface area contributed by atoms with Crippen molar-refractivity contribution in [2.24, 2.45) is 0 Å². The Bertz CT molecular complexity index is 494. The van der Waals surface area contributed by atoms with E-state index in [1.165, 1.54) is 11.1 Å². The molecule has 1 heterocycles. The number of methoxy groups -OCH3 is 1. The lowest BCUT2D eigenvalue weighted by Crippen LogP contribution is -2.13. The fourth-order valence-corrected chi connectivity index (χ4v) is 1.79. The lowest BCUT2D eigenvalue weighted by atomic mass is 10.1. The molecule has 0 aliphatic rings. The first kappa shape index (κ1) is 12.6. The predicted octanol–water partition coefficient (Wildman–Crippen LogP) is 2.69. The van der Waals surface area contributed by atoms with Gasteiger partial charge in [0.2, 0.25) is 5.88 Å². The molecule has 94 valence electrons. The number of nitrogens with one attached hydrogen (secondary N) is 1. The van der Waals surface area contributed by atoms with E-state index in [0.29, 0.717) is 5.88 Å². The van der Waals surface area contributed by atoms with Crippen LogP contribution in [0.4, 0.5) is 0 Å². The highest BCUT2D eigenvalue weighted by molar-refractivity contribution is 5.25. The molecular weight excluding hydrogens is 224 g/mol. The highest BCUT2D eigenvalue weighted by atomic mass is 16.5. The van der Waals surface area contributed by atoms with Gasteiger partial charge in [-0.3, -0.25) is 0 Å². The van der Waals surface area contributed by atoms with Crippen molar-refractivity contribution in [3.05, 3.63) is 59.3 Å². The number of ether oxygens (including phenoxy) is 1. The summed E-state index contributed by atoms with van der Waals surface area (Å²) in [6.07, 6.45) is 1.74. The third-order valence-electron chi connectivity index (χ3n) is 2.81. The number of aryl methyl sites for hydroxylation is 1. The summed E-state index contributed by atoms with van der Waals surface area (Å²) >= 11 is 0. The molecule has 1 aromatic carbocycles. The second kappa shape index (κ2) is 6.17. The van der Waals surface area contributed by atoms with Crippen molar-refractivity contribution >= 4 is 0 Å². The summed E-state index contributed by atoms with van der Waals surface area (Å²) in [5.41, 5.74) is 3.64. The van der Waals surface area contributed by atoms with Crippen molar-refractivity contribution in [2.75, 3.05) is 7.11 Å². The minimum atomic E-state index is 0.689. The van der Waals surface area contributed by atoms with Crippen LogP contribution in [0.25, 0.3) is 0 Å². The van der Waals surface area contributed by atoms with Crippen LogP contribution in [0.3, 0.4) is 0 Å². The van der Waals surface area contributed by atoms with E-state index < -0.39 is 0 Å². The summed E-state index contributed by atoms with van der Waals surface area (Å²) in [4.78, 5) is 4.17. The highest BCUT2D eigenvalue weighted by Gasteiger charge is 2.02. The zero-order valence-electron chi connectivity index (χ0n) is 10.8. The van der Waals surface area contributed by atoms with Gasteiger partial charge in [-0.1, -0.05) is 35.9 Å². The van der Waals surface area contributed by atoms with Gasteiger partial charge in [0.15, 0.2) is 0 Å². The summed E-state index contributed by atoms with van der Waals surface area (Å²) < 4.78 is 5.21. The second-order valence-electron chi connectivity index (χ2n) is 4.26. The van der Waals surface area contributed by atoms with Gasteiger partial charge in [-0.25, -0.2) is 4.98 Å². The lowest BCUT2D eigenvalue weighted by Gasteiger charge is -2.08. The molecule has 2 rings (SSSR count). The van der Waals surface area contributed by atoms with Crippen LogP contribution in [0.15, 0.2) is 42.6 Å². The van der Waals surface area contributed by atoms with Crippen LogP contribution in [0.1, 0.15) is 16.7 Å². The van der Waals surface area contributed by atoms with E-state index >= 15 is 0 Å². The lowest BCUT2D eigenvalue weighted by molar-refractivity contribution is 0.390. The van der Waals surface area contributed by atoms with Gasteiger partial charge in [-0.15, -0.1) is 0 Å². The van der Waals surface area contributed by atoms with Gasteiger partial charge in [-0.2, -0.15) is 0 Å². The molecule has 0 amide bonds. The van der Waals surface area contributed by atoms with Crippen molar-refractivity contribution in [1.82, 2.24) is 10.3 Å². The van der Waals surface area contributed by atoms with E-state index in [2.05, 4.69) is 41.5 Å². The number of benzene rings is 1. The van der Waals surface area contributed by atoms with Gasteiger partial charge < -0.3 is 10.1 Å². The maximum absolute atomic E-state index is 5.21. The molecule has 0 unspecified atom stereocenters. The minimum absolute atomic E-state index is 0.689. The summed E-state index contributed by atoms with van der Waals surface area (Å²) in [7, 11) is 1.64. The van der Waals surface area contributed by atoms with Crippen molar-refractivity contribution in [1.29, 1.82) is 0 Å². The van der Waals surface area contributed by atoms with Crippen LogP contribution in [-0.4, -0.2) is 12.1 Å². The summed E-state index contributed by atoms with van der Waals surface area (Å²) in [5, 5.41) is 3.39. The molecule has 0 atom stereocenters. The fourth-order valence-electron chi connectivity index (χ4n) is 1.79. The highest BCUT2D eigenvalue weighted by Crippen LogP contribution is 2.13. The molecule has 3 nitrogen and oxygen atoms in total. The second-order valence-corrected chi connectivity index (χ2v) is 4.26. The summed E-state index contributed by atoms with van der Waals surface area (Å²) in [6, 6.07) is 12.5. The van der Waals surface area contributed by atoms with Crippen LogP contribution < -0.4 is 10.1 Å². The molecule has 0 aliphatic carbocycles. The first-order chi connectivity index (χ1) is 8.79. The zero-order chi connectivity index (χ0) is 12.8. The maximum atomic E-state index is 5.21. The monoisotopic (exact) mass is 242 g/mol.